The van der Waals surface area contributed by atoms with Gasteiger partial charge in [0.05, 0.1) is 24.7 Å². The van der Waals surface area contributed by atoms with Gasteiger partial charge < -0.3 is 14.9 Å². The van der Waals surface area contributed by atoms with E-state index in [9.17, 15) is 9.59 Å². The van der Waals surface area contributed by atoms with Crippen molar-refractivity contribution in [2.75, 3.05) is 38.1 Å². The van der Waals surface area contributed by atoms with Crippen LogP contribution in [0.1, 0.15) is 30.9 Å². The first-order valence-electron chi connectivity index (χ1n) is 10.4. The van der Waals surface area contributed by atoms with Crippen molar-refractivity contribution in [1.82, 2.24) is 19.6 Å². The quantitative estimate of drug-likeness (QED) is 0.831. The molecule has 1 N–H and O–H groups in total. The Morgan fingerprint density at radius 3 is 2.37 bits per heavy atom. The number of hydrogen-bond donors (Lipinski definition) is 1. The van der Waals surface area contributed by atoms with Crippen molar-refractivity contribution in [2.45, 2.75) is 32.9 Å². The summed E-state index contributed by atoms with van der Waals surface area (Å²) in [6, 6.07) is 7.99. The Bertz CT molecular complexity index is 907. The number of anilines is 1. The van der Waals surface area contributed by atoms with Crippen LogP contribution in [-0.2, 0) is 17.9 Å². The molecule has 0 bridgehead atoms. The minimum atomic E-state index is -0.131. The molecular weight excluding hydrogens is 382 g/mol. The standard InChI is InChI=1S/C22H29N5O3/c1-17(29)24(2)20-11-23-27(13-20)21(30)26-9-7-22(8-10-26)15-25(16-22)12-18-3-5-19(14-28)6-4-18/h3-6,11,13,28H,7-10,12,14-16H2,1-2H3. The number of carbonyl (C=O) groups excluding carboxylic acids is 2. The molecule has 3 heterocycles. The first kappa shape index (κ1) is 20.6. The summed E-state index contributed by atoms with van der Waals surface area (Å²) in [7, 11) is 1.67. The molecule has 2 aliphatic heterocycles. The van der Waals surface area contributed by atoms with Gasteiger partial charge in [-0.1, -0.05) is 24.3 Å². The fraction of sp³-hybridized carbons (Fsp3) is 0.500. The van der Waals surface area contributed by atoms with Crippen LogP contribution in [0.2, 0.25) is 0 Å². The smallest absolute Gasteiger partial charge is 0.344 e. The van der Waals surface area contributed by atoms with Crippen molar-refractivity contribution >= 4 is 17.6 Å². The Balaban J connectivity index is 1.27. The third-order valence-corrected chi connectivity index (χ3v) is 6.45. The van der Waals surface area contributed by atoms with Gasteiger partial charge in [-0.3, -0.25) is 9.69 Å². The van der Waals surface area contributed by atoms with Gasteiger partial charge in [0.1, 0.15) is 0 Å². The monoisotopic (exact) mass is 411 g/mol. The van der Waals surface area contributed by atoms with Gasteiger partial charge in [-0.15, -0.1) is 0 Å². The van der Waals surface area contributed by atoms with Crippen LogP contribution in [0.3, 0.4) is 0 Å². The Morgan fingerprint density at radius 1 is 1.13 bits per heavy atom. The molecule has 2 aromatic rings. The summed E-state index contributed by atoms with van der Waals surface area (Å²) < 4.78 is 1.33. The summed E-state index contributed by atoms with van der Waals surface area (Å²) in [4.78, 5) is 30.0. The molecule has 1 spiro atoms. The molecule has 1 aromatic carbocycles. The number of piperidine rings is 1. The molecule has 0 aliphatic carbocycles. The van der Waals surface area contributed by atoms with Crippen molar-refractivity contribution in [2.24, 2.45) is 5.41 Å². The maximum Gasteiger partial charge on any atom is 0.344 e. The second kappa shape index (κ2) is 8.20. The molecule has 30 heavy (non-hydrogen) atoms. The van der Waals surface area contributed by atoms with E-state index in [1.807, 2.05) is 17.0 Å². The third kappa shape index (κ3) is 4.11. The summed E-state index contributed by atoms with van der Waals surface area (Å²) in [5.74, 6) is -0.0965. The van der Waals surface area contributed by atoms with Gasteiger partial charge in [-0.25, -0.2) is 4.79 Å². The topological polar surface area (TPSA) is 81.9 Å². The number of hydrogen-bond acceptors (Lipinski definition) is 5. The average Bonchev–Trinajstić information content (AvgIpc) is 3.22. The lowest BCUT2D eigenvalue weighted by Gasteiger charge is -2.54. The largest absolute Gasteiger partial charge is 0.392 e. The predicted octanol–water partition coefficient (Wildman–Crippen LogP) is 1.92. The van der Waals surface area contributed by atoms with Crippen molar-refractivity contribution in [1.29, 1.82) is 0 Å². The summed E-state index contributed by atoms with van der Waals surface area (Å²) in [6.45, 7) is 6.07. The molecule has 160 valence electrons. The molecule has 4 rings (SSSR count). The Kier molecular flexibility index (Phi) is 5.62. The zero-order valence-corrected chi connectivity index (χ0v) is 17.6. The molecule has 2 fully saturated rings. The molecule has 0 atom stereocenters. The third-order valence-electron chi connectivity index (χ3n) is 6.45. The number of rotatable bonds is 4. The molecule has 1 aromatic heterocycles. The van der Waals surface area contributed by atoms with Gasteiger partial charge in [-0.05, 0) is 29.4 Å². The van der Waals surface area contributed by atoms with E-state index >= 15 is 0 Å². The van der Waals surface area contributed by atoms with Crippen LogP contribution in [0, 0.1) is 5.41 Å². The predicted molar refractivity (Wildman–Crippen MR) is 113 cm³/mol. The van der Waals surface area contributed by atoms with Crippen molar-refractivity contribution in [3.63, 3.8) is 0 Å². The number of nitrogens with zero attached hydrogens (tertiary/aromatic N) is 5. The van der Waals surface area contributed by atoms with Crippen molar-refractivity contribution in [3.05, 3.63) is 47.8 Å². The van der Waals surface area contributed by atoms with E-state index in [2.05, 4.69) is 22.1 Å². The molecule has 2 amide bonds. The zero-order chi connectivity index (χ0) is 21.3. The number of amides is 2. The van der Waals surface area contributed by atoms with Crippen molar-refractivity contribution in [3.8, 4) is 0 Å². The second-order valence-electron chi connectivity index (χ2n) is 8.61. The summed E-state index contributed by atoms with van der Waals surface area (Å²) >= 11 is 0. The van der Waals surface area contributed by atoms with Gasteiger partial charge >= 0.3 is 6.03 Å². The van der Waals surface area contributed by atoms with Crippen LogP contribution in [0.5, 0.6) is 0 Å². The van der Waals surface area contributed by atoms with Gasteiger partial charge in [0, 0.05) is 46.7 Å². The SMILES string of the molecule is CC(=O)N(C)c1cnn(C(=O)N2CCC3(CC2)CN(Cc2ccc(CO)cc2)C3)c1. The number of aliphatic hydroxyl groups is 1. The first-order valence-corrected chi connectivity index (χ1v) is 10.4. The van der Waals surface area contributed by atoms with Crippen LogP contribution in [0.25, 0.3) is 0 Å². The zero-order valence-electron chi connectivity index (χ0n) is 17.6. The highest BCUT2D eigenvalue weighted by Crippen LogP contribution is 2.41. The van der Waals surface area contributed by atoms with Crippen LogP contribution in [0.15, 0.2) is 36.7 Å². The first-order chi connectivity index (χ1) is 14.4. The molecule has 2 aliphatic rings. The Morgan fingerprint density at radius 2 is 1.77 bits per heavy atom. The van der Waals surface area contributed by atoms with E-state index in [1.165, 1.54) is 22.1 Å². The van der Waals surface area contributed by atoms with E-state index in [-0.39, 0.29) is 18.5 Å². The number of carbonyl (C=O) groups is 2. The normalized spacial score (nSPS) is 18.3. The second-order valence-corrected chi connectivity index (χ2v) is 8.61. The van der Waals surface area contributed by atoms with Crippen molar-refractivity contribution < 1.29 is 14.7 Å². The summed E-state index contributed by atoms with van der Waals surface area (Å²) in [6.07, 6.45) is 5.16. The number of likely N-dealkylation sites (tertiary alicyclic amines) is 2. The van der Waals surface area contributed by atoms with Gasteiger partial charge in [-0.2, -0.15) is 9.78 Å². The molecule has 2 saturated heterocycles. The molecule has 8 heteroatoms. The fourth-order valence-electron chi connectivity index (χ4n) is 4.43. The Hall–Kier alpha value is -2.71. The maximum absolute atomic E-state index is 12.8. The van der Waals surface area contributed by atoms with Crippen LogP contribution in [0.4, 0.5) is 10.5 Å². The molecule has 0 saturated carbocycles. The Labute approximate surface area is 176 Å². The summed E-state index contributed by atoms with van der Waals surface area (Å²) in [5, 5.41) is 13.3. The van der Waals surface area contributed by atoms with Gasteiger partial charge in [0.15, 0.2) is 0 Å². The molecule has 0 radical (unpaired) electrons. The fourth-order valence-corrected chi connectivity index (χ4v) is 4.43. The number of benzene rings is 1. The minimum absolute atomic E-state index is 0.0790. The highest BCUT2D eigenvalue weighted by atomic mass is 16.3. The van der Waals surface area contributed by atoms with E-state index in [0.717, 1.165) is 51.1 Å². The average molecular weight is 412 g/mol. The van der Waals surface area contributed by atoms with Crippen LogP contribution < -0.4 is 4.90 Å². The van der Waals surface area contributed by atoms with Gasteiger partial charge in [0.25, 0.3) is 0 Å². The maximum atomic E-state index is 12.8. The molecule has 0 unspecified atom stereocenters. The lowest BCUT2D eigenvalue weighted by atomic mass is 9.72. The van der Waals surface area contributed by atoms with E-state index in [1.54, 1.807) is 19.4 Å². The lowest BCUT2D eigenvalue weighted by Crippen LogP contribution is -2.60. The number of aromatic nitrogens is 2. The van der Waals surface area contributed by atoms with E-state index in [0.29, 0.717) is 11.1 Å². The highest BCUT2D eigenvalue weighted by molar-refractivity contribution is 5.91. The lowest BCUT2D eigenvalue weighted by molar-refractivity contribution is -0.116. The van der Waals surface area contributed by atoms with Crippen LogP contribution in [-0.4, -0.2) is 69.9 Å². The highest BCUT2D eigenvalue weighted by Gasteiger charge is 2.45. The molecular formula is C22H29N5O3. The summed E-state index contributed by atoms with van der Waals surface area (Å²) in [5.41, 5.74) is 3.13. The van der Waals surface area contributed by atoms with E-state index < -0.39 is 0 Å². The number of aliphatic hydroxyl groups excluding tert-OH is 1. The van der Waals surface area contributed by atoms with Crippen LogP contribution >= 0.6 is 0 Å². The molecule has 8 nitrogen and oxygen atoms in total. The van der Waals surface area contributed by atoms with E-state index in [4.69, 9.17) is 5.11 Å². The minimum Gasteiger partial charge on any atom is -0.392 e. The van der Waals surface area contributed by atoms with Gasteiger partial charge in [0.2, 0.25) is 5.91 Å².